The summed E-state index contributed by atoms with van der Waals surface area (Å²) in [5, 5.41) is 13.9. The lowest BCUT2D eigenvalue weighted by Crippen LogP contribution is -2.51. The highest BCUT2D eigenvalue weighted by molar-refractivity contribution is 6.38. The van der Waals surface area contributed by atoms with Gasteiger partial charge in [0.2, 0.25) is 0 Å². The molecule has 4 rings (SSSR count). The summed E-state index contributed by atoms with van der Waals surface area (Å²) in [6.07, 6.45) is 4.50. The van der Waals surface area contributed by atoms with Crippen LogP contribution in [0, 0.1) is 0 Å². The molecule has 1 fully saturated rings. The first-order valence-electron chi connectivity index (χ1n) is 10.1. The predicted molar refractivity (Wildman–Crippen MR) is 122 cm³/mol. The third-order valence-electron chi connectivity index (χ3n) is 5.61. The number of nitrogens with zero attached hydrogens (tertiary/aromatic N) is 2. The fraction of sp³-hybridized carbons (Fsp3) is 0.304. The van der Waals surface area contributed by atoms with E-state index in [0.717, 1.165) is 17.4 Å². The SMILES string of the molecule is C[C@]1(C(=O)N[C@@H](Cc2ccc3nc(-c4c(Cl)cncc4Cl)ccc3c2)C(=O)O)CCCO1. The molecule has 2 aromatic heterocycles. The maximum atomic E-state index is 12.6. The first-order valence-corrected chi connectivity index (χ1v) is 10.9. The number of hydrogen-bond donors (Lipinski definition) is 2. The van der Waals surface area contributed by atoms with E-state index in [2.05, 4.69) is 15.3 Å². The molecule has 0 unspecified atom stereocenters. The van der Waals surface area contributed by atoms with Gasteiger partial charge in [0.1, 0.15) is 11.6 Å². The highest BCUT2D eigenvalue weighted by Crippen LogP contribution is 2.33. The van der Waals surface area contributed by atoms with Crippen molar-refractivity contribution in [3.63, 3.8) is 0 Å². The number of carboxylic acids is 1. The Labute approximate surface area is 194 Å². The Morgan fingerprint density at radius 2 is 1.97 bits per heavy atom. The molecule has 32 heavy (non-hydrogen) atoms. The third kappa shape index (κ3) is 4.55. The van der Waals surface area contributed by atoms with Gasteiger partial charge >= 0.3 is 5.97 Å². The molecule has 0 bridgehead atoms. The van der Waals surface area contributed by atoms with Gasteiger partial charge < -0.3 is 15.2 Å². The number of aliphatic carboxylic acids is 1. The number of ether oxygens (including phenoxy) is 1. The van der Waals surface area contributed by atoms with Gasteiger partial charge in [0, 0.05) is 36.4 Å². The summed E-state index contributed by atoms with van der Waals surface area (Å²) in [7, 11) is 0. The topological polar surface area (TPSA) is 101 Å². The zero-order valence-corrected chi connectivity index (χ0v) is 18.8. The largest absolute Gasteiger partial charge is 0.480 e. The molecule has 1 amide bonds. The zero-order valence-electron chi connectivity index (χ0n) is 17.3. The fourth-order valence-corrected chi connectivity index (χ4v) is 4.36. The number of pyridine rings is 2. The lowest BCUT2D eigenvalue weighted by molar-refractivity contribution is -0.147. The van der Waals surface area contributed by atoms with Gasteiger partial charge in [-0.15, -0.1) is 0 Å². The van der Waals surface area contributed by atoms with Gasteiger partial charge in [-0.2, -0.15) is 0 Å². The first kappa shape index (κ1) is 22.5. The van der Waals surface area contributed by atoms with Crippen LogP contribution < -0.4 is 5.32 Å². The standard InChI is InChI=1S/C23H21Cl2N3O4/c1-23(7-2-8-32-23)22(31)28-19(21(29)30)10-13-3-5-17-14(9-13)4-6-18(27-17)20-15(24)11-26-12-16(20)25/h3-6,9,11-12,19H,2,7-8,10H2,1H3,(H,28,31)(H,29,30)/t19-,23+/m0/s1. The van der Waals surface area contributed by atoms with Crippen LogP contribution in [-0.2, 0) is 20.7 Å². The number of amides is 1. The van der Waals surface area contributed by atoms with Crippen LogP contribution in [0.2, 0.25) is 10.0 Å². The number of hydrogen-bond acceptors (Lipinski definition) is 5. The summed E-state index contributed by atoms with van der Waals surface area (Å²) in [5.74, 6) is -1.50. The second-order valence-corrected chi connectivity index (χ2v) is 8.77. The van der Waals surface area contributed by atoms with E-state index in [-0.39, 0.29) is 6.42 Å². The van der Waals surface area contributed by atoms with Crippen LogP contribution in [0.3, 0.4) is 0 Å². The summed E-state index contributed by atoms with van der Waals surface area (Å²) < 4.78 is 5.52. The smallest absolute Gasteiger partial charge is 0.326 e. The van der Waals surface area contributed by atoms with Crippen LogP contribution in [0.4, 0.5) is 0 Å². The number of nitrogens with one attached hydrogen (secondary N) is 1. The van der Waals surface area contributed by atoms with Crippen molar-refractivity contribution in [2.75, 3.05) is 6.61 Å². The lowest BCUT2D eigenvalue weighted by atomic mass is 9.99. The maximum Gasteiger partial charge on any atom is 0.326 e. The van der Waals surface area contributed by atoms with Crippen molar-refractivity contribution >= 4 is 46.0 Å². The van der Waals surface area contributed by atoms with Crippen molar-refractivity contribution in [3.05, 3.63) is 58.3 Å². The van der Waals surface area contributed by atoms with Gasteiger partial charge in [-0.1, -0.05) is 35.3 Å². The highest BCUT2D eigenvalue weighted by atomic mass is 35.5. The van der Waals surface area contributed by atoms with Crippen LogP contribution in [0.1, 0.15) is 25.3 Å². The van der Waals surface area contributed by atoms with Crippen molar-refractivity contribution < 1.29 is 19.4 Å². The van der Waals surface area contributed by atoms with Gasteiger partial charge in [-0.3, -0.25) is 9.78 Å². The molecule has 9 heteroatoms. The van der Waals surface area contributed by atoms with Crippen LogP contribution in [0.5, 0.6) is 0 Å². The average molecular weight is 474 g/mol. The predicted octanol–water partition coefficient (Wildman–Crippen LogP) is 4.28. The van der Waals surface area contributed by atoms with E-state index >= 15 is 0 Å². The molecule has 3 heterocycles. The van der Waals surface area contributed by atoms with E-state index in [1.807, 2.05) is 12.1 Å². The normalized spacial score (nSPS) is 19.1. The maximum absolute atomic E-state index is 12.6. The molecule has 166 valence electrons. The Hall–Kier alpha value is -2.74. The van der Waals surface area contributed by atoms with Crippen LogP contribution in [0.25, 0.3) is 22.2 Å². The highest BCUT2D eigenvalue weighted by Gasteiger charge is 2.39. The van der Waals surface area contributed by atoms with Crippen LogP contribution >= 0.6 is 23.2 Å². The van der Waals surface area contributed by atoms with E-state index in [1.165, 1.54) is 12.4 Å². The Morgan fingerprint density at radius 3 is 2.62 bits per heavy atom. The summed E-state index contributed by atoms with van der Waals surface area (Å²) >= 11 is 12.5. The number of fused-ring (bicyclic) bond motifs is 1. The molecule has 2 N–H and O–H groups in total. The molecule has 1 aromatic carbocycles. The van der Waals surface area contributed by atoms with Crippen molar-refractivity contribution in [3.8, 4) is 11.3 Å². The summed E-state index contributed by atoms with van der Waals surface area (Å²) in [5.41, 5.74) is 1.70. The minimum absolute atomic E-state index is 0.136. The number of carboxylic acid groups (broad SMARTS) is 1. The van der Waals surface area contributed by atoms with Crippen LogP contribution in [0.15, 0.2) is 42.7 Å². The fourth-order valence-electron chi connectivity index (χ4n) is 3.80. The average Bonchev–Trinajstić information content (AvgIpc) is 3.21. The first-order chi connectivity index (χ1) is 15.3. The van der Waals surface area contributed by atoms with Crippen molar-refractivity contribution in [2.45, 2.75) is 37.8 Å². The number of carbonyl (C=O) groups excluding carboxylic acids is 1. The molecular weight excluding hydrogens is 453 g/mol. The second-order valence-electron chi connectivity index (χ2n) is 7.95. The van der Waals surface area contributed by atoms with Gasteiger partial charge in [-0.05, 0) is 43.5 Å². The zero-order chi connectivity index (χ0) is 22.9. The van der Waals surface area contributed by atoms with Gasteiger partial charge in [0.15, 0.2) is 0 Å². The Balaban J connectivity index is 1.56. The van der Waals surface area contributed by atoms with Crippen molar-refractivity contribution in [2.24, 2.45) is 0 Å². The minimum Gasteiger partial charge on any atom is -0.480 e. The molecule has 1 aliphatic rings. The Kier molecular flexibility index (Phi) is 6.33. The molecule has 2 atom stereocenters. The summed E-state index contributed by atoms with van der Waals surface area (Å²) in [4.78, 5) is 33.0. The molecule has 3 aromatic rings. The monoisotopic (exact) mass is 473 g/mol. The molecule has 0 aliphatic carbocycles. The van der Waals surface area contributed by atoms with E-state index in [9.17, 15) is 14.7 Å². The van der Waals surface area contributed by atoms with E-state index in [1.54, 1.807) is 25.1 Å². The molecule has 0 saturated carbocycles. The van der Waals surface area contributed by atoms with Gasteiger partial charge in [0.25, 0.3) is 5.91 Å². The van der Waals surface area contributed by atoms with Crippen LogP contribution in [-0.4, -0.2) is 45.2 Å². The minimum atomic E-state index is -1.10. The number of rotatable bonds is 6. The number of aromatic nitrogens is 2. The molecule has 0 radical (unpaired) electrons. The number of halogens is 2. The van der Waals surface area contributed by atoms with Gasteiger partial charge in [-0.25, -0.2) is 9.78 Å². The summed E-state index contributed by atoms with van der Waals surface area (Å²) in [6, 6.07) is 8.06. The molecular formula is C23H21Cl2N3O4. The van der Waals surface area contributed by atoms with Gasteiger partial charge in [0.05, 0.1) is 21.3 Å². The molecule has 1 saturated heterocycles. The van der Waals surface area contributed by atoms with Crippen molar-refractivity contribution in [1.29, 1.82) is 0 Å². The third-order valence-corrected chi connectivity index (χ3v) is 6.18. The quantitative estimate of drug-likeness (QED) is 0.553. The second kappa shape index (κ2) is 9.02. The van der Waals surface area contributed by atoms with E-state index in [4.69, 9.17) is 27.9 Å². The summed E-state index contributed by atoms with van der Waals surface area (Å²) in [6.45, 7) is 2.19. The molecule has 0 spiro atoms. The lowest BCUT2D eigenvalue weighted by Gasteiger charge is -2.24. The molecule has 7 nitrogen and oxygen atoms in total. The van der Waals surface area contributed by atoms with E-state index < -0.39 is 23.5 Å². The molecule has 1 aliphatic heterocycles. The van der Waals surface area contributed by atoms with Crippen molar-refractivity contribution in [1.82, 2.24) is 15.3 Å². The van der Waals surface area contributed by atoms with E-state index in [0.29, 0.717) is 39.8 Å². The Morgan fingerprint density at radius 1 is 1.22 bits per heavy atom. The number of carbonyl (C=O) groups is 2. The number of benzene rings is 1. The Bertz CT molecular complexity index is 1170.